The minimum absolute atomic E-state index is 0.00717. The zero-order chi connectivity index (χ0) is 28.6. The first-order valence-corrected chi connectivity index (χ1v) is 14.6. The average molecular weight is 595 g/mol. The van der Waals surface area contributed by atoms with Gasteiger partial charge in [0.1, 0.15) is 18.4 Å². The molecule has 0 aliphatic rings. The normalized spacial score (nSPS) is 12.0. The molecule has 0 aliphatic carbocycles. The first kappa shape index (κ1) is 30.4. The van der Waals surface area contributed by atoms with Gasteiger partial charge in [0, 0.05) is 23.7 Å². The second kappa shape index (κ2) is 13.8. The summed E-state index contributed by atoms with van der Waals surface area (Å²) in [5.74, 6) is -1.72. The second-order valence-corrected chi connectivity index (χ2v) is 11.6. The van der Waals surface area contributed by atoms with Gasteiger partial charge in [-0.15, -0.1) is 0 Å². The maximum Gasteiger partial charge on any atom is 0.264 e. The molecule has 0 fully saturated rings. The lowest BCUT2D eigenvalue weighted by Crippen LogP contribution is -2.51. The van der Waals surface area contributed by atoms with E-state index in [0.717, 1.165) is 22.0 Å². The van der Waals surface area contributed by atoms with Crippen molar-refractivity contribution < 1.29 is 22.4 Å². The Kier molecular flexibility index (Phi) is 10.7. The summed E-state index contributed by atoms with van der Waals surface area (Å²) in [4.78, 5) is 27.9. The number of anilines is 1. The summed E-state index contributed by atoms with van der Waals surface area (Å²) in [6.45, 7) is 2.94. The number of amides is 2. The van der Waals surface area contributed by atoms with Crippen molar-refractivity contribution in [2.75, 3.05) is 17.4 Å². The van der Waals surface area contributed by atoms with Crippen LogP contribution in [-0.4, -0.2) is 44.3 Å². The Morgan fingerprint density at radius 3 is 2.33 bits per heavy atom. The Hall–Kier alpha value is -3.14. The van der Waals surface area contributed by atoms with E-state index in [9.17, 15) is 22.4 Å². The first-order chi connectivity index (χ1) is 18.6. The summed E-state index contributed by atoms with van der Waals surface area (Å²) < 4.78 is 43.0. The fourth-order valence-electron chi connectivity index (χ4n) is 3.84. The van der Waals surface area contributed by atoms with Gasteiger partial charge in [-0.05, 0) is 49.7 Å². The molecule has 0 heterocycles. The van der Waals surface area contributed by atoms with E-state index in [2.05, 4.69) is 5.32 Å². The van der Waals surface area contributed by atoms with Gasteiger partial charge in [0.05, 0.1) is 15.6 Å². The summed E-state index contributed by atoms with van der Waals surface area (Å²) in [7, 11) is -4.30. The highest BCUT2D eigenvalue weighted by molar-refractivity contribution is 7.92. The van der Waals surface area contributed by atoms with Crippen LogP contribution < -0.4 is 9.62 Å². The molecule has 0 spiro atoms. The van der Waals surface area contributed by atoms with Gasteiger partial charge in [-0.2, -0.15) is 0 Å². The van der Waals surface area contributed by atoms with E-state index < -0.39 is 40.2 Å². The quantitative estimate of drug-likeness (QED) is 0.274. The van der Waals surface area contributed by atoms with Crippen LogP contribution in [0.25, 0.3) is 0 Å². The Bertz CT molecular complexity index is 1410. The lowest BCUT2D eigenvalue weighted by atomic mass is 10.1. The molecule has 0 radical (unpaired) electrons. The van der Waals surface area contributed by atoms with Gasteiger partial charge in [-0.1, -0.05) is 72.9 Å². The fourth-order valence-corrected chi connectivity index (χ4v) is 5.72. The maximum atomic E-state index is 14.6. The van der Waals surface area contributed by atoms with Crippen molar-refractivity contribution in [1.82, 2.24) is 10.2 Å². The monoisotopic (exact) mass is 593 g/mol. The van der Waals surface area contributed by atoms with Crippen molar-refractivity contribution in [2.45, 2.75) is 44.2 Å². The summed E-state index contributed by atoms with van der Waals surface area (Å²) in [6, 6.07) is 16.7. The summed E-state index contributed by atoms with van der Waals surface area (Å²) >= 11 is 12.5. The topological polar surface area (TPSA) is 86.8 Å². The molecular formula is C28H30Cl2FN3O4S. The van der Waals surface area contributed by atoms with Crippen molar-refractivity contribution in [3.05, 3.63) is 94.2 Å². The van der Waals surface area contributed by atoms with Gasteiger partial charge in [-0.25, -0.2) is 12.8 Å². The standard InChI is InChI=1S/C28H30Cl2FN3O4S/c1-3-4-16-32-28(36)20(2)33(18-21-10-8-9-13-25(21)31)27(35)19-34(26-17-22(29)14-15-24(26)30)39(37,38)23-11-6-5-7-12-23/h5-15,17,20H,3-4,16,18-19H2,1-2H3,(H,32,36)/t20-/m0/s1. The maximum absolute atomic E-state index is 14.6. The van der Waals surface area contributed by atoms with Crippen LogP contribution in [0.4, 0.5) is 10.1 Å². The Morgan fingerprint density at radius 1 is 1.00 bits per heavy atom. The summed E-state index contributed by atoms with van der Waals surface area (Å²) in [5, 5.41) is 3.04. The molecule has 3 aromatic carbocycles. The average Bonchev–Trinajstić information content (AvgIpc) is 2.92. The van der Waals surface area contributed by atoms with Gasteiger partial charge >= 0.3 is 0 Å². The van der Waals surface area contributed by atoms with E-state index in [1.807, 2.05) is 6.92 Å². The van der Waals surface area contributed by atoms with Crippen LogP contribution in [0.5, 0.6) is 0 Å². The van der Waals surface area contributed by atoms with Crippen molar-refractivity contribution in [2.24, 2.45) is 0 Å². The molecule has 0 unspecified atom stereocenters. The third-order valence-corrected chi connectivity index (χ3v) is 8.41. The molecule has 7 nitrogen and oxygen atoms in total. The van der Waals surface area contributed by atoms with Crippen molar-refractivity contribution in [3.8, 4) is 0 Å². The van der Waals surface area contributed by atoms with Crippen LogP contribution in [-0.2, 0) is 26.2 Å². The molecule has 2 amide bonds. The lowest BCUT2D eigenvalue weighted by molar-refractivity contribution is -0.139. The van der Waals surface area contributed by atoms with Gasteiger partial charge in [-0.3, -0.25) is 13.9 Å². The molecule has 1 atom stereocenters. The van der Waals surface area contributed by atoms with Crippen LogP contribution in [0.3, 0.4) is 0 Å². The molecule has 0 saturated heterocycles. The van der Waals surface area contributed by atoms with Crippen LogP contribution in [0.2, 0.25) is 10.0 Å². The number of hydrogen-bond acceptors (Lipinski definition) is 4. The van der Waals surface area contributed by atoms with Crippen molar-refractivity contribution in [1.29, 1.82) is 0 Å². The molecule has 0 saturated carbocycles. The van der Waals surface area contributed by atoms with Gasteiger partial charge in [0.25, 0.3) is 10.0 Å². The largest absolute Gasteiger partial charge is 0.354 e. The van der Waals surface area contributed by atoms with Crippen molar-refractivity contribution in [3.63, 3.8) is 0 Å². The minimum Gasteiger partial charge on any atom is -0.354 e. The van der Waals surface area contributed by atoms with E-state index in [1.54, 1.807) is 24.3 Å². The Morgan fingerprint density at radius 2 is 1.67 bits per heavy atom. The van der Waals surface area contributed by atoms with Gasteiger partial charge in [0.15, 0.2) is 0 Å². The predicted molar refractivity (Wildman–Crippen MR) is 152 cm³/mol. The zero-order valence-corrected chi connectivity index (χ0v) is 23.9. The predicted octanol–water partition coefficient (Wildman–Crippen LogP) is 5.66. The fraction of sp³-hybridized carbons (Fsp3) is 0.286. The van der Waals surface area contributed by atoms with Crippen LogP contribution >= 0.6 is 23.2 Å². The number of unbranched alkanes of at least 4 members (excludes halogenated alkanes) is 1. The number of nitrogens with one attached hydrogen (secondary N) is 1. The molecule has 39 heavy (non-hydrogen) atoms. The second-order valence-electron chi connectivity index (χ2n) is 8.85. The molecule has 0 bridgehead atoms. The number of rotatable bonds is 12. The number of carbonyl (C=O) groups is 2. The number of sulfonamides is 1. The first-order valence-electron chi connectivity index (χ1n) is 12.4. The highest BCUT2D eigenvalue weighted by atomic mass is 35.5. The van der Waals surface area contributed by atoms with Crippen molar-refractivity contribution >= 4 is 50.7 Å². The molecule has 0 aliphatic heterocycles. The Balaban J connectivity index is 2.04. The summed E-state index contributed by atoms with van der Waals surface area (Å²) in [5.41, 5.74) is 0.171. The number of nitrogens with zero attached hydrogens (tertiary/aromatic N) is 2. The highest BCUT2D eigenvalue weighted by Crippen LogP contribution is 2.33. The smallest absolute Gasteiger partial charge is 0.264 e. The third kappa shape index (κ3) is 7.71. The SMILES string of the molecule is CCCCNC(=O)[C@H](C)N(Cc1ccccc1F)C(=O)CN(c1cc(Cl)ccc1Cl)S(=O)(=O)c1ccccc1. The molecule has 11 heteroatoms. The number of hydrogen-bond donors (Lipinski definition) is 1. The number of carbonyl (C=O) groups excluding carboxylic acids is 2. The van der Waals surface area contributed by atoms with Crippen LogP contribution in [0, 0.1) is 5.82 Å². The molecule has 3 rings (SSSR count). The molecule has 1 N–H and O–H groups in total. The van der Waals surface area contributed by atoms with Gasteiger partial charge < -0.3 is 10.2 Å². The van der Waals surface area contributed by atoms with E-state index in [4.69, 9.17) is 23.2 Å². The van der Waals surface area contributed by atoms with Crippen LogP contribution in [0.15, 0.2) is 77.7 Å². The summed E-state index contributed by atoms with van der Waals surface area (Å²) in [6.07, 6.45) is 1.61. The van der Waals surface area contributed by atoms with Crippen LogP contribution in [0.1, 0.15) is 32.3 Å². The van der Waals surface area contributed by atoms with E-state index >= 15 is 0 Å². The van der Waals surface area contributed by atoms with E-state index in [0.29, 0.717) is 6.54 Å². The van der Waals surface area contributed by atoms with Gasteiger partial charge in [0.2, 0.25) is 11.8 Å². The molecule has 3 aromatic rings. The Labute approximate surface area is 238 Å². The van der Waals surface area contributed by atoms with E-state index in [1.165, 1.54) is 55.5 Å². The molecule has 208 valence electrons. The zero-order valence-electron chi connectivity index (χ0n) is 21.6. The number of halogens is 3. The molecule has 0 aromatic heterocycles. The van der Waals surface area contributed by atoms with E-state index in [-0.39, 0.29) is 32.7 Å². The highest BCUT2D eigenvalue weighted by Gasteiger charge is 2.33. The lowest BCUT2D eigenvalue weighted by Gasteiger charge is -2.32. The third-order valence-electron chi connectivity index (χ3n) is 6.08. The number of benzene rings is 3. The minimum atomic E-state index is -4.30. The molecular weight excluding hydrogens is 564 g/mol.